The van der Waals surface area contributed by atoms with E-state index in [9.17, 15) is 4.79 Å². The van der Waals surface area contributed by atoms with Crippen LogP contribution in [0.4, 0.5) is 5.69 Å². The maximum Gasteiger partial charge on any atom is 0.256 e. The summed E-state index contributed by atoms with van der Waals surface area (Å²) in [6, 6.07) is 7.06. The summed E-state index contributed by atoms with van der Waals surface area (Å²) in [5, 5.41) is 11.9. The van der Waals surface area contributed by atoms with Crippen molar-refractivity contribution in [2.45, 2.75) is 39.7 Å². The molecule has 1 amide bonds. The van der Waals surface area contributed by atoms with Gasteiger partial charge in [-0.25, -0.2) is 0 Å². The summed E-state index contributed by atoms with van der Waals surface area (Å²) in [6.45, 7) is 8.31. The molecule has 21 heavy (non-hydrogen) atoms. The fourth-order valence-electron chi connectivity index (χ4n) is 1.89. The molecule has 0 aromatic heterocycles. The number of rotatable bonds is 7. The normalized spacial score (nSPS) is 13.1. The van der Waals surface area contributed by atoms with E-state index in [0.29, 0.717) is 36.6 Å². The molecule has 0 aliphatic carbocycles. The fourth-order valence-corrected chi connectivity index (χ4v) is 1.89. The van der Waals surface area contributed by atoms with Gasteiger partial charge in [-0.05, 0) is 45.4 Å². The second-order valence-corrected chi connectivity index (χ2v) is 4.73. The maximum atomic E-state index is 12.3. The Morgan fingerprint density at radius 3 is 2.57 bits per heavy atom. The molecule has 0 aliphatic rings. The van der Waals surface area contributed by atoms with E-state index in [4.69, 9.17) is 14.7 Å². The first kappa shape index (κ1) is 17.0. The van der Waals surface area contributed by atoms with E-state index in [-0.39, 0.29) is 5.91 Å². The minimum Gasteiger partial charge on any atom is -0.492 e. The third-order valence-electron chi connectivity index (χ3n) is 3.28. The molecular formula is C16H22N2O3. The second kappa shape index (κ2) is 7.65. The van der Waals surface area contributed by atoms with Crippen molar-refractivity contribution in [2.75, 3.05) is 18.5 Å². The van der Waals surface area contributed by atoms with Gasteiger partial charge in [-0.1, -0.05) is 6.92 Å². The van der Waals surface area contributed by atoms with Crippen LogP contribution in [-0.2, 0) is 9.53 Å². The molecule has 0 fully saturated rings. The van der Waals surface area contributed by atoms with E-state index in [0.717, 1.165) is 0 Å². The van der Waals surface area contributed by atoms with E-state index >= 15 is 0 Å². The lowest BCUT2D eigenvalue weighted by Crippen LogP contribution is -2.42. The predicted molar refractivity (Wildman–Crippen MR) is 81.3 cm³/mol. The Morgan fingerprint density at radius 2 is 2.05 bits per heavy atom. The van der Waals surface area contributed by atoms with Gasteiger partial charge in [0.05, 0.1) is 12.2 Å². The van der Waals surface area contributed by atoms with Crippen LogP contribution < -0.4 is 10.1 Å². The standard InChI is InChI=1S/C16H22N2O3/c1-5-16(4,21-7-3)15(19)18-13-8-9-14(20-6-2)12(10-13)11-17/h8-10H,5-7H2,1-4H3,(H,18,19). The monoisotopic (exact) mass is 290 g/mol. The molecule has 1 unspecified atom stereocenters. The summed E-state index contributed by atoms with van der Waals surface area (Å²) >= 11 is 0. The number of nitrogens with zero attached hydrogens (tertiary/aromatic N) is 1. The van der Waals surface area contributed by atoms with Crippen molar-refractivity contribution in [1.82, 2.24) is 0 Å². The largest absolute Gasteiger partial charge is 0.492 e. The zero-order valence-electron chi connectivity index (χ0n) is 13.0. The number of hydrogen-bond donors (Lipinski definition) is 1. The molecule has 1 N–H and O–H groups in total. The maximum absolute atomic E-state index is 12.3. The molecule has 0 bridgehead atoms. The quantitative estimate of drug-likeness (QED) is 0.837. The Kier molecular flexibility index (Phi) is 6.19. The third-order valence-corrected chi connectivity index (χ3v) is 3.28. The SMILES string of the molecule is CCOc1ccc(NC(=O)C(C)(CC)OCC)cc1C#N. The number of amides is 1. The van der Waals surface area contributed by atoms with Gasteiger partial charge in [-0.15, -0.1) is 0 Å². The van der Waals surface area contributed by atoms with Crippen molar-refractivity contribution in [2.24, 2.45) is 0 Å². The Morgan fingerprint density at radius 1 is 1.33 bits per heavy atom. The zero-order chi connectivity index (χ0) is 15.9. The molecule has 1 aromatic rings. The first-order valence-electron chi connectivity index (χ1n) is 7.13. The summed E-state index contributed by atoms with van der Waals surface area (Å²) in [5.41, 5.74) is 0.0730. The molecule has 114 valence electrons. The van der Waals surface area contributed by atoms with Gasteiger partial charge >= 0.3 is 0 Å². The average Bonchev–Trinajstić information content (AvgIpc) is 2.49. The highest BCUT2D eigenvalue weighted by Crippen LogP contribution is 2.24. The third kappa shape index (κ3) is 4.20. The molecule has 5 heteroatoms. The number of carbonyl (C=O) groups excluding carboxylic acids is 1. The number of nitrogens with one attached hydrogen (secondary N) is 1. The molecule has 1 aromatic carbocycles. The lowest BCUT2D eigenvalue weighted by molar-refractivity contribution is -0.139. The number of ether oxygens (including phenoxy) is 2. The molecule has 5 nitrogen and oxygen atoms in total. The first-order chi connectivity index (χ1) is 10.0. The highest BCUT2D eigenvalue weighted by Gasteiger charge is 2.31. The highest BCUT2D eigenvalue weighted by atomic mass is 16.5. The summed E-state index contributed by atoms with van der Waals surface area (Å²) in [5.74, 6) is 0.293. The van der Waals surface area contributed by atoms with Crippen LogP contribution >= 0.6 is 0 Å². The van der Waals surface area contributed by atoms with E-state index in [1.807, 2.05) is 20.8 Å². The van der Waals surface area contributed by atoms with Crippen LogP contribution in [0, 0.1) is 11.3 Å². The second-order valence-electron chi connectivity index (χ2n) is 4.73. The summed E-state index contributed by atoms with van der Waals surface area (Å²) in [4.78, 5) is 12.3. The van der Waals surface area contributed by atoms with Crippen molar-refractivity contribution in [3.63, 3.8) is 0 Å². The molecule has 0 spiro atoms. The van der Waals surface area contributed by atoms with E-state index in [1.165, 1.54) is 0 Å². The van der Waals surface area contributed by atoms with Crippen LogP contribution in [0.25, 0.3) is 0 Å². The van der Waals surface area contributed by atoms with Crippen molar-refractivity contribution < 1.29 is 14.3 Å². The molecule has 1 atom stereocenters. The van der Waals surface area contributed by atoms with Crippen molar-refractivity contribution >= 4 is 11.6 Å². The van der Waals surface area contributed by atoms with E-state index in [2.05, 4.69) is 11.4 Å². The molecule has 0 heterocycles. The first-order valence-corrected chi connectivity index (χ1v) is 7.13. The van der Waals surface area contributed by atoms with Crippen LogP contribution in [0.1, 0.15) is 39.7 Å². The fraction of sp³-hybridized carbons (Fsp3) is 0.500. The van der Waals surface area contributed by atoms with Gasteiger partial charge in [-0.2, -0.15) is 5.26 Å². The number of carbonyl (C=O) groups is 1. The van der Waals surface area contributed by atoms with Crippen molar-refractivity contribution in [3.8, 4) is 11.8 Å². The number of anilines is 1. The number of benzene rings is 1. The Hall–Kier alpha value is -2.06. The molecule has 0 saturated carbocycles. The van der Waals surface area contributed by atoms with E-state index < -0.39 is 5.60 Å². The Bertz CT molecular complexity index is 537. The predicted octanol–water partition coefficient (Wildman–Crippen LogP) is 3.10. The van der Waals surface area contributed by atoms with Crippen LogP contribution in [0.5, 0.6) is 5.75 Å². The zero-order valence-corrected chi connectivity index (χ0v) is 13.0. The van der Waals surface area contributed by atoms with Crippen molar-refractivity contribution in [1.29, 1.82) is 5.26 Å². The molecule has 0 aliphatic heterocycles. The topological polar surface area (TPSA) is 71.3 Å². The van der Waals surface area contributed by atoms with Crippen LogP contribution in [0.2, 0.25) is 0 Å². The van der Waals surface area contributed by atoms with Gasteiger partial charge in [0, 0.05) is 12.3 Å². The molecule has 0 radical (unpaired) electrons. The lowest BCUT2D eigenvalue weighted by Gasteiger charge is -2.26. The molecule has 0 saturated heterocycles. The van der Waals surface area contributed by atoms with Gasteiger partial charge < -0.3 is 14.8 Å². The summed E-state index contributed by atoms with van der Waals surface area (Å²) in [7, 11) is 0. The molecule has 1 rings (SSSR count). The van der Waals surface area contributed by atoms with Gasteiger partial charge in [-0.3, -0.25) is 4.79 Å². The highest BCUT2D eigenvalue weighted by molar-refractivity contribution is 5.97. The smallest absolute Gasteiger partial charge is 0.256 e. The van der Waals surface area contributed by atoms with Crippen LogP contribution in [0.3, 0.4) is 0 Å². The molecular weight excluding hydrogens is 268 g/mol. The number of nitriles is 1. The van der Waals surface area contributed by atoms with E-state index in [1.54, 1.807) is 25.1 Å². The van der Waals surface area contributed by atoms with Gasteiger partial charge in [0.15, 0.2) is 0 Å². The minimum atomic E-state index is -0.875. The average molecular weight is 290 g/mol. The number of hydrogen-bond acceptors (Lipinski definition) is 4. The van der Waals surface area contributed by atoms with Crippen LogP contribution in [-0.4, -0.2) is 24.7 Å². The summed E-state index contributed by atoms with van der Waals surface area (Å²) in [6.07, 6.45) is 0.564. The van der Waals surface area contributed by atoms with Crippen molar-refractivity contribution in [3.05, 3.63) is 23.8 Å². The van der Waals surface area contributed by atoms with Crippen LogP contribution in [0.15, 0.2) is 18.2 Å². The lowest BCUT2D eigenvalue weighted by atomic mass is 10.0. The van der Waals surface area contributed by atoms with Gasteiger partial charge in [0.1, 0.15) is 17.4 Å². The van der Waals surface area contributed by atoms with Gasteiger partial charge in [0.25, 0.3) is 5.91 Å². The Labute approximate surface area is 125 Å². The minimum absolute atomic E-state index is 0.222. The summed E-state index contributed by atoms with van der Waals surface area (Å²) < 4.78 is 10.9. The van der Waals surface area contributed by atoms with Gasteiger partial charge in [0.2, 0.25) is 0 Å². The Balaban J connectivity index is 2.93.